The third kappa shape index (κ3) is 12.5. The van der Waals surface area contributed by atoms with Gasteiger partial charge in [-0.3, -0.25) is 11.7 Å². The smallest absolute Gasteiger partial charge is 0.0856 e. The number of hydrogen-bond donors (Lipinski definition) is 4. The van der Waals surface area contributed by atoms with E-state index >= 15 is 0 Å². The van der Waals surface area contributed by atoms with Crippen molar-refractivity contribution >= 4 is 0 Å². The topological polar surface area (TPSA) is 114 Å². The fraction of sp³-hybridized carbons (Fsp3) is 0. The maximum atomic E-state index is 5.61. The minimum absolute atomic E-state index is 2.25. The summed E-state index contributed by atoms with van der Waals surface area (Å²) in [5.74, 6) is 12.1. The van der Waals surface area contributed by atoms with Crippen LogP contribution in [0.25, 0.3) is 0 Å². The van der Waals surface area contributed by atoms with E-state index in [0.717, 1.165) is 0 Å². The molecule has 0 unspecified atom stereocenters. The SMILES string of the molecule is N=NN.NN. The maximum absolute atomic E-state index is 5.61. The highest BCUT2D eigenvalue weighted by molar-refractivity contribution is 3.51. The van der Waals surface area contributed by atoms with Crippen LogP contribution < -0.4 is 17.5 Å². The average Bonchev–Trinajstić information content (AvgIpc) is 1.46. The Kier molecular flexibility index (Phi) is 309. The molecule has 7 N–H and O–H groups in total. The number of hydrazine groups is 1. The molecule has 0 fully saturated rings. The lowest BCUT2D eigenvalue weighted by molar-refractivity contribution is 0.991. The number of hydrogen-bond acceptors (Lipinski definition) is 4. The third-order valence-electron chi connectivity index (χ3n) is 0. The van der Waals surface area contributed by atoms with Crippen molar-refractivity contribution in [1.82, 2.24) is 0 Å². The summed E-state index contributed by atoms with van der Waals surface area (Å²) >= 11 is 0. The standard InChI is InChI=1S/H3N3.H4N2/c1-3-2;1-2/h(H3,1,2);1-2H2. The Labute approximate surface area is 29.6 Å². The fourth-order valence-corrected chi connectivity index (χ4v) is 0. The van der Waals surface area contributed by atoms with Crippen LogP contribution in [0.4, 0.5) is 0 Å². The summed E-state index contributed by atoms with van der Waals surface area (Å²) in [5.41, 5.74) is 5.61. The Balaban J connectivity index is 0. The Morgan fingerprint density at radius 1 is 1.40 bits per heavy atom. The van der Waals surface area contributed by atoms with Crippen molar-refractivity contribution in [3.8, 4) is 0 Å². The van der Waals surface area contributed by atoms with Crippen LogP contribution in [0.3, 0.4) is 0 Å². The van der Waals surface area contributed by atoms with Crippen molar-refractivity contribution in [2.45, 2.75) is 0 Å². The minimum atomic E-state index is 2.25. The lowest BCUT2D eigenvalue weighted by Crippen LogP contribution is -2.02. The van der Waals surface area contributed by atoms with Crippen LogP contribution in [0.1, 0.15) is 0 Å². The number of nitrogens with two attached hydrogens (primary N) is 3. The molecule has 0 rings (SSSR count). The van der Waals surface area contributed by atoms with Gasteiger partial charge < -0.3 is 5.84 Å². The van der Waals surface area contributed by atoms with E-state index in [9.17, 15) is 0 Å². The van der Waals surface area contributed by atoms with Gasteiger partial charge in [-0.2, -0.15) is 5.53 Å². The summed E-state index contributed by atoms with van der Waals surface area (Å²) in [5, 5.41) is 2.25. The van der Waals surface area contributed by atoms with E-state index in [4.69, 9.17) is 5.53 Å². The van der Waals surface area contributed by atoms with Gasteiger partial charge in [0.1, 0.15) is 0 Å². The molecule has 0 atom stereocenters. The molecule has 0 aliphatic heterocycles. The van der Waals surface area contributed by atoms with Crippen LogP contribution in [0.5, 0.6) is 0 Å². The molecule has 0 saturated heterocycles. The Hall–Kier alpha value is -0.680. The zero-order valence-electron chi connectivity index (χ0n) is 2.68. The maximum Gasteiger partial charge on any atom is -0.0856 e. The van der Waals surface area contributed by atoms with Crippen LogP contribution in [0, 0.1) is 5.53 Å². The predicted octanol–water partition coefficient (Wildman–Crippen LogP) is -1.29. The number of nitrogens with zero attached hydrogens (tertiary/aromatic N) is 1. The molecule has 0 heterocycles. The van der Waals surface area contributed by atoms with Crippen molar-refractivity contribution in [1.29, 1.82) is 5.53 Å². The molecule has 0 saturated carbocycles. The van der Waals surface area contributed by atoms with Gasteiger partial charge in [0.05, 0.1) is 0 Å². The second kappa shape index (κ2) is 175. The number of rotatable bonds is 0. The molecule has 0 spiro atoms. The lowest BCUT2D eigenvalue weighted by Gasteiger charge is -1.40. The zero-order valence-corrected chi connectivity index (χ0v) is 2.68. The van der Waals surface area contributed by atoms with Gasteiger partial charge in [-0.25, -0.2) is 0 Å². The van der Waals surface area contributed by atoms with Gasteiger partial charge in [0.25, 0.3) is 0 Å². The molecule has 0 aromatic carbocycles. The molecule has 0 radical (unpaired) electrons. The third-order valence-corrected chi connectivity index (χ3v) is 0. The van der Waals surface area contributed by atoms with Gasteiger partial charge in [0, 0.05) is 0 Å². The van der Waals surface area contributed by atoms with Crippen LogP contribution in [0.2, 0.25) is 0 Å². The van der Waals surface area contributed by atoms with Crippen molar-refractivity contribution in [3.63, 3.8) is 0 Å². The van der Waals surface area contributed by atoms with Gasteiger partial charge in [-0.15, -0.1) is 0 Å². The van der Waals surface area contributed by atoms with E-state index in [1.54, 1.807) is 0 Å². The number of nitrogens with one attached hydrogen (secondary N) is 1. The highest BCUT2D eigenvalue weighted by atomic mass is 15.2. The highest BCUT2D eigenvalue weighted by Crippen LogP contribution is 1.13. The zero-order chi connectivity index (χ0) is 4.71. The van der Waals surface area contributed by atoms with E-state index in [1.807, 2.05) is 0 Å². The summed E-state index contributed by atoms with van der Waals surface area (Å²) in [4.78, 5) is 0. The molecule has 5 heteroatoms. The van der Waals surface area contributed by atoms with Gasteiger partial charge in [-0.1, -0.05) is 5.22 Å². The van der Waals surface area contributed by atoms with Gasteiger partial charge in [-0.05, 0) is 0 Å². The molecule has 0 bridgehead atoms. The molecule has 0 aromatic rings. The van der Waals surface area contributed by atoms with E-state index in [-0.39, 0.29) is 0 Å². The predicted molar refractivity (Wildman–Crippen MR) is 17.7 cm³/mol. The van der Waals surface area contributed by atoms with Gasteiger partial charge in [0.2, 0.25) is 0 Å². The van der Waals surface area contributed by atoms with Crippen molar-refractivity contribution in [3.05, 3.63) is 0 Å². The second-order valence-electron chi connectivity index (χ2n) is 0.129. The van der Waals surface area contributed by atoms with Crippen molar-refractivity contribution < 1.29 is 0 Å². The van der Waals surface area contributed by atoms with Crippen LogP contribution in [-0.2, 0) is 0 Å². The lowest BCUT2D eigenvalue weighted by atomic mass is 12.8. The quantitative estimate of drug-likeness (QED) is 0.164. The molecule has 32 valence electrons. The van der Waals surface area contributed by atoms with Crippen LogP contribution in [-0.4, -0.2) is 0 Å². The van der Waals surface area contributed by atoms with Crippen molar-refractivity contribution in [2.24, 2.45) is 22.8 Å². The van der Waals surface area contributed by atoms with Gasteiger partial charge in [0.15, 0.2) is 0 Å². The first-order valence-corrected chi connectivity index (χ1v) is 0.815. The van der Waals surface area contributed by atoms with Crippen LogP contribution in [0.15, 0.2) is 5.22 Å². The Morgan fingerprint density at radius 3 is 1.40 bits per heavy atom. The Bertz CT molecular complexity index is 7.51. The fourth-order valence-electron chi connectivity index (χ4n) is 0. The highest BCUT2D eigenvalue weighted by Gasteiger charge is 1.05. The van der Waals surface area contributed by atoms with E-state index in [1.165, 1.54) is 0 Å². The largest absolute Gasteiger partial charge is 0.305 e. The molecule has 0 aliphatic rings. The molecule has 0 aliphatic carbocycles. The van der Waals surface area contributed by atoms with E-state index < -0.39 is 0 Å². The molecular weight excluding hydrogens is 70.0 g/mol. The minimum Gasteiger partial charge on any atom is -0.305 e. The first-order chi connectivity index (χ1) is 2.41. The van der Waals surface area contributed by atoms with Crippen LogP contribution >= 0.6 is 0 Å². The normalized spacial score (nSPS) is 3.60. The monoisotopic (exact) mass is 77.1 g/mol. The van der Waals surface area contributed by atoms with E-state index in [2.05, 4.69) is 22.8 Å². The molecule has 0 aromatic heterocycles. The average molecular weight is 77.1 g/mol. The van der Waals surface area contributed by atoms with E-state index in [0.29, 0.717) is 0 Å². The molecule has 0 amide bonds. The Morgan fingerprint density at radius 2 is 1.40 bits per heavy atom. The molecule has 5 nitrogen and oxygen atoms in total. The summed E-state index contributed by atoms with van der Waals surface area (Å²) < 4.78 is 0. The summed E-state index contributed by atoms with van der Waals surface area (Å²) in [6.07, 6.45) is 0. The first kappa shape index (κ1) is 8.85. The molecule has 5 heavy (non-hydrogen) atoms. The summed E-state index contributed by atoms with van der Waals surface area (Å²) in [6, 6.07) is 0. The second-order valence-corrected chi connectivity index (χ2v) is 0.129. The molecular formula is H7N5. The summed E-state index contributed by atoms with van der Waals surface area (Å²) in [6.45, 7) is 0. The van der Waals surface area contributed by atoms with Gasteiger partial charge >= 0.3 is 0 Å². The summed E-state index contributed by atoms with van der Waals surface area (Å²) in [7, 11) is 0. The first-order valence-electron chi connectivity index (χ1n) is 0.815. The van der Waals surface area contributed by atoms with Crippen molar-refractivity contribution in [2.75, 3.05) is 0 Å².